The second kappa shape index (κ2) is 11.9. The molecule has 0 aliphatic rings. The average Bonchev–Trinajstić information content (AvgIpc) is 3.53. The predicted octanol–water partition coefficient (Wildman–Crippen LogP) is 4.67. The van der Waals surface area contributed by atoms with E-state index in [1.807, 2.05) is 54.6 Å². The van der Waals surface area contributed by atoms with Gasteiger partial charge in [0.2, 0.25) is 5.89 Å². The smallest absolute Gasteiger partial charge is 0.291 e. The van der Waals surface area contributed by atoms with E-state index >= 15 is 0 Å². The third-order valence-electron chi connectivity index (χ3n) is 4.65. The van der Waals surface area contributed by atoms with Gasteiger partial charge in [0, 0.05) is 24.8 Å². The van der Waals surface area contributed by atoms with Crippen molar-refractivity contribution >= 4 is 41.5 Å². The van der Waals surface area contributed by atoms with E-state index in [-0.39, 0.29) is 35.6 Å². The standard InChI is InChI=1S/C24H23N5O3.HI/c1-25-24(27-15-20-16-32-23(29-20)18-6-3-2-4-7-18)26-14-17-9-11-19(12-10-17)28-22(30)21-8-5-13-31-21;/h2-13,16H,14-15H2,1H3,(H,28,30)(H2,25,26,27);1H. The lowest BCUT2D eigenvalue weighted by molar-refractivity contribution is 0.0996. The number of carbonyl (C=O) groups excluding carboxylic acids is 1. The third-order valence-corrected chi connectivity index (χ3v) is 4.65. The fourth-order valence-electron chi connectivity index (χ4n) is 2.99. The zero-order chi connectivity index (χ0) is 22.2. The molecule has 9 heteroatoms. The maximum Gasteiger partial charge on any atom is 0.291 e. The molecule has 0 saturated carbocycles. The van der Waals surface area contributed by atoms with Crippen LogP contribution in [0.3, 0.4) is 0 Å². The summed E-state index contributed by atoms with van der Waals surface area (Å²) in [6.45, 7) is 1.05. The van der Waals surface area contributed by atoms with Crippen LogP contribution in [-0.2, 0) is 13.1 Å². The van der Waals surface area contributed by atoms with Crippen molar-refractivity contribution in [1.82, 2.24) is 15.6 Å². The first-order chi connectivity index (χ1) is 15.7. The van der Waals surface area contributed by atoms with Gasteiger partial charge in [-0.05, 0) is 42.0 Å². The summed E-state index contributed by atoms with van der Waals surface area (Å²) in [4.78, 5) is 20.8. The summed E-state index contributed by atoms with van der Waals surface area (Å²) in [5, 5.41) is 9.27. The maximum atomic E-state index is 12.0. The Morgan fingerprint density at radius 2 is 1.70 bits per heavy atom. The minimum Gasteiger partial charge on any atom is -0.459 e. The van der Waals surface area contributed by atoms with Crippen molar-refractivity contribution in [2.45, 2.75) is 13.1 Å². The molecule has 0 fully saturated rings. The summed E-state index contributed by atoms with van der Waals surface area (Å²) in [6.07, 6.45) is 3.10. The van der Waals surface area contributed by atoms with Crippen molar-refractivity contribution in [2.75, 3.05) is 12.4 Å². The molecule has 1 amide bonds. The molecule has 2 aromatic heterocycles. The topological polar surface area (TPSA) is 105 Å². The summed E-state index contributed by atoms with van der Waals surface area (Å²) >= 11 is 0. The Labute approximate surface area is 208 Å². The van der Waals surface area contributed by atoms with E-state index in [0.717, 1.165) is 16.8 Å². The van der Waals surface area contributed by atoms with Crippen LogP contribution in [0.4, 0.5) is 5.69 Å². The van der Waals surface area contributed by atoms with Gasteiger partial charge in [0.25, 0.3) is 5.91 Å². The van der Waals surface area contributed by atoms with Crippen molar-refractivity contribution in [2.24, 2.45) is 4.99 Å². The van der Waals surface area contributed by atoms with Crippen LogP contribution in [0.25, 0.3) is 11.5 Å². The molecular formula is C24H24IN5O3. The normalized spacial score (nSPS) is 10.9. The number of rotatable bonds is 7. The minimum absolute atomic E-state index is 0. The number of aliphatic imine (C=N–C) groups is 1. The minimum atomic E-state index is -0.284. The molecule has 0 atom stereocenters. The average molecular weight is 557 g/mol. The lowest BCUT2D eigenvalue weighted by Gasteiger charge is -2.11. The van der Waals surface area contributed by atoms with Crippen molar-refractivity contribution in [1.29, 1.82) is 0 Å². The molecule has 8 nitrogen and oxygen atoms in total. The van der Waals surface area contributed by atoms with Crippen LogP contribution in [0.2, 0.25) is 0 Å². The quantitative estimate of drug-likeness (QED) is 0.173. The largest absolute Gasteiger partial charge is 0.459 e. The molecule has 4 rings (SSSR count). The van der Waals surface area contributed by atoms with E-state index in [2.05, 4.69) is 25.9 Å². The lowest BCUT2D eigenvalue weighted by Crippen LogP contribution is -2.36. The molecular weight excluding hydrogens is 533 g/mol. The Bertz CT molecular complexity index is 1170. The van der Waals surface area contributed by atoms with Crippen molar-refractivity contribution in [3.8, 4) is 11.5 Å². The second-order valence-electron chi connectivity index (χ2n) is 6.92. The van der Waals surface area contributed by atoms with E-state index in [4.69, 9.17) is 8.83 Å². The van der Waals surface area contributed by atoms with E-state index < -0.39 is 0 Å². The summed E-state index contributed by atoms with van der Waals surface area (Å²) in [5.41, 5.74) is 3.45. The fraction of sp³-hybridized carbons (Fsp3) is 0.125. The summed E-state index contributed by atoms with van der Waals surface area (Å²) in [6, 6.07) is 20.6. The zero-order valence-corrected chi connectivity index (χ0v) is 20.3. The molecule has 4 aromatic rings. The van der Waals surface area contributed by atoms with E-state index in [1.165, 1.54) is 6.26 Å². The van der Waals surface area contributed by atoms with E-state index in [9.17, 15) is 4.79 Å². The Balaban J connectivity index is 0.00000306. The van der Waals surface area contributed by atoms with Crippen molar-refractivity contribution in [3.63, 3.8) is 0 Å². The molecule has 33 heavy (non-hydrogen) atoms. The highest BCUT2D eigenvalue weighted by Crippen LogP contribution is 2.17. The van der Waals surface area contributed by atoms with Gasteiger partial charge in [0.15, 0.2) is 11.7 Å². The van der Waals surface area contributed by atoms with Crippen LogP contribution in [0.1, 0.15) is 21.8 Å². The number of furan rings is 1. The van der Waals surface area contributed by atoms with Gasteiger partial charge in [-0.3, -0.25) is 9.79 Å². The number of oxazole rings is 1. The third kappa shape index (κ3) is 6.69. The van der Waals surface area contributed by atoms with Gasteiger partial charge in [0.1, 0.15) is 6.26 Å². The van der Waals surface area contributed by atoms with Gasteiger partial charge in [0.05, 0.1) is 18.5 Å². The van der Waals surface area contributed by atoms with Crippen LogP contribution in [0.15, 0.2) is 93.1 Å². The van der Waals surface area contributed by atoms with Crippen LogP contribution < -0.4 is 16.0 Å². The van der Waals surface area contributed by atoms with Gasteiger partial charge >= 0.3 is 0 Å². The number of anilines is 1. The lowest BCUT2D eigenvalue weighted by atomic mass is 10.2. The highest BCUT2D eigenvalue weighted by atomic mass is 127. The van der Waals surface area contributed by atoms with Crippen LogP contribution >= 0.6 is 24.0 Å². The summed E-state index contributed by atoms with van der Waals surface area (Å²) in [5.74, 6) is 1.22. The van der Waals surface area contributed by atoms with Gasteiger partial charge < -0.3 is 24.8 Å². The number of halogens is 1. The molecule has 0 saturated heterocycles. The van der Waals surface area contributed by atoms with Gasteiger partial charge in [-0.25, -0.2) is 4.98 Å². The van der Waals surface area contributed by atoms with Crippen molar-refractivity contribution < 1.29 is 13.6 Å². The molecule has 0 aliphatic heterocycles. The molecule has 0 unspecified atom stereocenters. The number of benzene rings is 2. The Morgan fingerprint density at radius 1 is 0.939 bits per heavy atom. The van der Waals surface area contributed by atoms with E-state index in [0.29, 0.717) is 30.6 Å². The van der Waals surface area contributed by atoms with E-state index in [1.54, 1.807) is 25.4 Å². The monoisotopic (exact) mass is 557 g/mol. The molecule has 0 aliphatic carbocycles. The highest BCUT2D eigenvalue weighted by Gasteiger charge is 2.09. The molecule has 3 N–H and O–H groups in total. The molecule has 0 spiro atoms. The molecule has 0 radical (unpaired) electrons. The number of amides is 1. The molecule has 0 bridgehead atoms. The number of hydrogen-bond donors (Lipinski definition) is 3. The number of nitrogens with one attached hydrogen (secondary N) is 3. The molecule has 170 valence electrons. The number of carbonyl (C=O) groups is 1. The van der Waals surface area contributed by atoms with Crippen molar-refractivity contribution in [3.05, 3.63) is 96.3 Å². The summed E-state index contributed by atoms with van der Waals surface area (Å²) < 4.78 is 10.7. The Hall–Kier alpha value is -3.60. The number of aromatic nitrogens is 1. The number of hydrogen-bond acceptors (Lipinski definition) is 5. The Kier molecular flexibility index (Phi) is 8.64. The molecule has 2 aromatic carbocycles. The Morgan fingerprint density at radius 3 is 2.39 bits per heavy atom. The van der Waals surface area contributed by atoms with Crippen LogP contribution in [0.5, 0.6) is 0 Å². The van der Waals surface area contributed by atoms with Gasteiger partial charge in [-0.2, -0.15) is 0 Å². The SMILES string of the molecule is CN=C(NCc1ccc(NC(=O)c2ccco2)cc1)NCc1coc(-c2ccccc2)n1.I. The highest BCUT2D eigenvalue weighted by molar-refractivity contribution is 14.0. The zero-order valence-electron chi connectivity index (χ0n) is 17.9. The predicted molar refractivity (Wildman–Crippen MR) is 137 cm³/mol. The van der Waals surface area contributed by atoms with Crippen LogP contribution in [0, 0.1) is 0 Å². The number of guanidine groups is 1. The van der Waals surface area contributed by atoms with Gasteiger partial charge in [-0.1, -0.05) is 30.3 Å². The fourth-order valence-corrected chi connectivity index (χ4v) is 2.99. The molecule has 2 heterocycles. The van der Waals surface area contributed by atoms with Gasteiger partial charge in [-0.15, -0.1) is 24.0 Å². The second-order valence-corrected chi connectivity index (χ2v) is 6.92. The maximum absolute atomic E-state index is 12.0. The number of nitrogens with zero attached hydrogens (tertiary/aromatic N) is 2. The summed E-state index contributed by atoms with van der Waals surface area (Å²) in [7, 11) is 1.71. The first-order valence-corrected chi connectivity index (χ1v) is 10.1. The van der Waals surface area contributed by atoms with Crippen LogP contribution in [-0.4, -0.2) is 23.9 Å². The first kappa shape index (κ1) is 24.1. The first-order valence-electron chi connectivity index (χ1n) is 10.1.